The second kappa shape index (κ2) is 6.36. The summed E-state index contributed by atoms with van der Waals surface area (Å²) in [7, 11) is 0.878. The zero-order valence-corrected chi connectivity index (χ0v) is 12.3. The molecule has 0 unspecified atom stereocenters. The van der Waals surface area contributed by atoms with Gasteiger partial charge < -0.3 is 9.73 Å². The van der Waals surface area contributed by atoms with Gasteiger partial charge in [-0.1, -0.05) is 0 Å². The van der Waals surface area contributed by atoms with Gasteiger partial charge in [-0.2, -0.15) is 0 Å². The summed E-state index contributed by atoms with van der Waals surface area (Å²) >= 11 is 0. The minimum atomic E-state index is -2.91. The third-order valence-corrected chi connectivity index (χ3v) is 3.63. The van der Waals surface area contributed by atoms with Gasteiger partial charge in [-0.3, -0.25) is 4.90 Å². The first-order valence-electron chi connectivity index (χ1n) is 5.91. The van der Waals surface area contributed by atoms with Crippen molar-refractivity contribution in [3.63, 3.8) is 0 Å². The number of furan rings is 1. The molecular weight excluding hydrogens is 252 g/mol. The lowest BCUT2D eigenvalue weighted by Crippen LogP contribution is -2.24. The first kappa shape index (κ1) is 15.2. The fourth-order valence-corrected chi connectivity index (χ4v) is 2.34. The maximum atomic E-state index is 11.1. The monoisotopic (exact) mass is 274 g/mol. The fourth-order valence-electron chi connectivity index (χ4n) is 1.70. The van der Waals surface area contributed by atoms with Crippen LogP contribution in [-0.2, 0) is 22.9 Å². The highest BCUT2D eigenvalue weighted by atomic mass is 32.2. The van der Waals surface area contributed by atoms with Gasteiger partial charge in [-0.05, 0) is 27.1 Å². The molecule has 0 spiro atoms. The van der Waals surface area contributed by atoms with Crippen LogP contribution in [0.5, 0.6) is 0 Å². The molecule has 0 saturated heterocycles. The Morgan fingerprint density at radius 3 is 2.67 bits per heavy atom. The van der Waals surface area contributed by atoms with Crippen LogP contribution in [0.3, 0.4) is 0 Å². The third kappa shape index (κ3) is 5.20. The Bertz CT molecular complexity index is 480. The van der Waals surface area contributed by atoms with Crippen LogP contribution in [0.2, 0.25) is 0 Å². The fraction of sp³-hybridized carbons (Fsp3) is 0.667. The molecule has 1 rings (SSSR count). The smallest absolute Gasteiger partial charge is 0.148 e. The van der Waals surface area contributed by atoms with Crippen molar-refractivity contribution in [3.05, 3.63) is 23.2 Å². The van der Waals surface area contributed by atoms with Crippen molar-refractivity contribution in [2.45, 2.75) is 20.0 Å². The van der Waals surface area contributed by atoms with Crippen molar-refractivity contribution in [2.24, 2.45) is 0 Å². The SMILES string of the molecule is CNCc1cc(CN(C)CCS(C)(=O)=O)oc1C. The van der Waals surface area contributed by atoms with E-state index in [9.17, 15) is 8.42 Å². The van der Waals surface area contributed by atoms with E-state index in [1.807, 2.05) is 32.0 Å². The van der Waals surface area contributed by atoms with Gasteiger partial charge in [0, 0.05) is 24.9 Å². The molecule has 0 fully saturated rings. The van der Waals surface area contributed by atoms with Crippen LogP contribution < -0.4 is 5.32 Å². The molecule has 1 aromatic heterocycles. The third-order valence-electron chi connectivity index (χ3n) is 2.71. The molecule has 104 valence electrons. The molecule has 5 nitrogen and oxygen atoms in total. The van der Waals surface area contributed by atoms with E-state index in [0.717, 1.165) is 23.6 Å². The number of hydrogen-bond acceptors (Lipinski definition) is 5. The van der Waals surface area contributed by atoms with Crippen LogP contribution in [-0.4, -0.2) is 46.0 Å². The minimum absolute atomic E-state index is 0.173. The normalized spacial score (nSPS) is 12.3. The van der Waals surface area contributed by atoms with Crippen LogP contribution in [0.15, 0.2) is 10.5 Å². The summed E-state index contributed by atoms with van der Waals surface area (Å²) in [6, 6.07) is 2.02. The molecule has 0 amide bonds. The van der Waals surface area contributed by atoms with Crippen molar-refractivity contribution in [2.75, 3.05) is 32.6 Å². The standard InChI is InChI=1S/C12H22N2O3S/c1-10-11(8-13-2)7-12(17-10)9-14(3)5-6-18(4,15)16/h7,13H,5-6,8-9H2,1-4H3. The zero-order chi connectivity index (χ0) is 13.8. The summed E-state index contributed by atoms with van der Waals surface area (Å²) < 4.78 is 27.8. The summed E-state index contributed by atoms with van der Waals surface area (Å²) in [6.45, 7) is 3.86. The highest BCUT2D eigenvalue weighted by molar-refractivity contribution is 7.90. The minimum Gasteiger partial charge on any atom is -0.465 e. The van der Waals surface area contributed by atoms with Gasteiger partial charge in [-0.15, -0.1) is 0 Å². The predicted octanol–water partition coefficient (Wildman–Crippen LogP) is 0.784. The van der Waals surface area contributed by atoms with E-state index < -0.39 is 9.84 Å². The van der Waals surface area contributed by atoms with Crippen LogP contribution in [0.1, 0.15) is 17.1 Å². The van der Waals surface area contributed by atoms with Gasteiger partial charge in [-0.25, -0.2) is 8.42 Å². The summed E-state index contributed by atoms with van der Waals surface area (Å²) in [5.74, 6) is 1.96. The molecule has 0 aliphatic carbocycles. The lowest BCUT2D eigenvalue weighted by atomic mass is 10.2. The van der Waals surface area contributed by atoms with Crippen LogP contribution in [0.4, 0.5) is 0 Å². The first-order valence-corrected chi connectivity index (χ1v) is 7.97. The van der Waals surface area contributed by atoms with E-state index in [0.29, 0.717) is 13.1 Å². The van der Waals surface area contributed by atoms with Crippen molar-refractivity contribution >= 4 is 9.84 Å². The molecule has 0 atom stereocenters. The molecule has 0 aliphatic rings. The summed E-state index contributed by atoms with van der Waals surface area (Å²) in [5.41, 5.74) is 1.14. The average Bonchev–Trinajstić information content (AvgIpc) is 2.56. The molecule has 1 aromatic rings. The van der Waals surface area contributed by atoms with E-state index in [1.54, 1.807) is 0 Å². The van der Waals surface area contributed by atoms with E-state index in [4.69, 9.17) is 4.42 Å². The maximum Gasteiger partial charge on any atom is 0.148 e. The van der Waals surface area contributed by atoms with Crippen LogP contribution in [0, 0.1) is 6.92 Å². The second-order valence-electron chi connectivity index (χ2n) is 4.69. The van der Waals surface area contributed by atoms with Gasteiger partial charge >= 0.3 is 0 Å². The first-order chi connectivity index (χ1) is 8.31. The lowest BCUT2D eigenvalue weighted by molar-refractivity contribution is 0.306. The number of aryl methyl sites for hydroxylation is 1. The predicted molar refractivity (Wildman–Crippen MR) is 72.3 cm³/mol. The molecule has 0 aliphatic heterocycles. The Hall–Kier alpha value is -0.850. The Morgan fingerprint density at radius 2 is 2.11 bits per heavy atom. The Morgan fingerprint density at radius 1 is 1.44 bits per heavy atom. The largest absolute Gasteiger partial charge is 0.465 e. The molecule has 1 heterocycles. The average molecular weight is 274 g/mol. The Kier molecular flexibility index (Phi) is 5.37. The topological polar surface area (TPSA) is 62.6 Å². The molecule has 0 saturated carbocycles. The molecule has 0 radical (unpaired) electrons. The van der Waals surface area contributed by atoms with E-state index in [2.05, 4.69) is 5.32 Å². The zero-order valence-electron chi connectivity index (χ0n) is 11.5. The van der Waals surface area contributed by atoms with Crippen LogP contribution >= 0.6 is 0 Å². The number of nitrogens with one attached hydrogen (secondary N) is 1. The van der Waals surface area contributed by atoms with Crippen molar-refractivity contribution < 1.29 is 12.8 Å². The van der Waals surface area contributed by atoms with E-state index in [-0.39, 0.29) is 5.75 Å². The summed E-state index contributed by atoms with van der Waals surface area (Å²) in [4.78, 5) is 1.95. The van der Waals surface area contributed by atoms with E-state index >= 15 is 0 Å². The highest BCUT2D eigenvalue weighted by Crippen LogP contribution is 2.15. The van der Waals surface area contributed by atoms with Crippen molar-refractivity contribution in [3.8, 4) is 0 Å². The Balaban J connectivity index is 2.54. The molecule has 0 bridgehead atoms. The molecule has 0 aromatic carbocycles. The quantitative estimate of drug-likeness (QED) is 0.796. The number of rotatable bonds is 7. The van der Waals surface area contributed by atoms with Crippen molar-refractivity contribution in [1.82, 2.24) is 10.2 Å². The Labute approximate surface area is 109 Å². The molecule has 6 heteroatoms. The summed E-state index contributed by atoms with van der Waals surface area (Å²) in [5, 5.41) is 3.08. The molecule has 18 heavy (non-hydrogen) atoms. The van der Waals surface area contributed by atoms with E-state index in [1.165, 1.54) is 6.26 Å². The van der Waals surface area contributed by atoms with Gasteiger partial charge in [0.25, 0.3) is 0 Å². The highest BCUT2D eigenvalue weighted by Gasteiger charge is 2.10. The summed E-state index contributed by atoms with van der Waals surface area (Å²) in [6.07, 6.45) is 1.25. The number of nitrogens with zero attached hydrogens (tertiary/aromatic N) is 1. The molecular formula is C12H22N2O3S. The van der Waals surface area contributed by atoms with Crippen molar-refractivity contribution in [1.29, 1.82) is 0 Å². The van der Waals surface area contributed by atoms with Crippen LogP contribution in [0.25, 0.3) is 0 Å². The lowest BCUT2D eigenvalue weighted by Gasteiger charge is -2.13. The second-order valence-corrected chi connectivity index (χ2v) is 6.95. The molecule has 1 N–H and O–H groups in total. The van der Waals surface area contributed by atoms with Gasteiger partial charge in [0.05, 0.1) is 12.3 Å². The number of hydrogen-bond donors (Lipinski definition) is 1. The van der Waals surface area contributed by atoms with Gasteiger partial charge in [0.1, 0.15) is 21.4 Å². The van der Waals surface area contributed by atoms with Gasteiger partial charge in [0.15, 0.2) is 0 Å². The van der Waals surface area contributed by atoms with Gasteiger partial charge in [0.2, 0.25) is 0 Å². The number of sulfone groups is 1. The maximum absolute atomic E-state index is 11.1.